The third kappa shape index (κ3) is 2.35. The van der Waals surface area contributed by atoms with Crippen molar-refractivity contribution in [3.8, 4) is 0 Å². The minimum Gasteiger partial charge on any atom is -0.347 e. The number of hydrogen-bond donors (Lipinski definition) is 1. The molecule has 0 radical (unpaired) electrons. The maximum absolute atomic E-state index is 5.86. The van der Waals surface area contributed by atoms with Crippen LogP contribution in [0, 0.1) is 12.8 Å². The van der Waals surface area contributed by atoms with E-state index < -0.39 is 0 Å². The summed E-state index contributed by atoms with van der Waals surface area (Å²) in [4.78, 5) is 6.73. The summed E-state index contributed by atoms with van der Waals surface area (Å²) in [5.41, 5.74) is 5.86. The highest BCUT2D eigenvalue weighted by Crippen LogP contribution is 2.30. The molecular weight excluding hydrogens is 220 g/mol. The van der Waals surface area contributed by atoms with Crippen molar-refractivity contribution in [3.05, 3.63) is 5.82 Å². The molecule has 0 bridgehead atoms. The molecule has 1 aromatic heterocycles. The van der Waals surface area contributed by atoms with Crippen LogP contribution in [0.15, 0.2) is 0 Å². The second kappa shape index (κ2) is 5.10. The maximum Gasteiger partial charge on any atom is 0.205 e. The zero-order valence-electron chi connectivity index (χ0n) is 10.0. The predicted molar refractivity (Wildman–Crippen MR) is 67.8 cm³/mol. The summed E-state index contributed by atoms with van der Waals surface area (Å²) in [5, 5.41) is 1.03. The zero-order chi connectivity index (χ0) is 11.5. The van der Waals surface area contributed by atoms with Gasteiger partial charge in [0, 0.05) is 24.6 Å². The molecule has 0 aromatic carbocycles. The Hall–Kier alpha value is -0.680. The Morgan fingerprint density at radius 1 is 1.44 bits per heavy atom. The van der Waals surface area contributed by atoms with E-state index in [1.165, 1.54) is 37.2 Å². The third-order valence-corrected chi connectivity index (χ3v) is 4.39. The van der Waals surface area contributed by atoms with Gasteiger partial charge in [0.2, 0.25) is 5.13 Å². The fourth-order valence-electron chi connectivity index (χ4n) is 2.54. The van der Waals surface area contributed by atoms with E-state index in [2.05, 4.69) is 21.3 Å². The average molecular weight is 240 g/mol. The van der Waals surface area contributed by atoms with Crippen molar-refractivity contribution in [3.63, 3.8) is 0 Å². The van der Waals surface area contributed by atoms with E-state index in [9.17, 15) is 0 Å². The van der Waals surface area contributed by atoms with Crippen molar-refractivity contribution in [2.45, 2.75) is 38.6 Å². The van der Waals surface area contributed by atoms with Crippen LogP contribution in [0.1, 0.15) is 31.5 Å². The molecule has 1 saturated carbocycles. The Kier molecular flexibility index (Phi) is 3.76. The Morgan fingerprint density at radius 3 is 2.81 bits per heavy atom. The van der Waals surface area contributed by atoms with Gasteiger partial charge in [-0.3, -0.25) is 0 Å². The minimum atomic E-state index is 0.547. The average Bonchev–Trinajstić information content (AvgIpc) is 2.75. The summed E-state index contributed by atoms with van der Waals surface area (Å²) in [6.45, 7) is 2.72. The van der Waals surface area contributed by atoms with Crippen LogP contribution in [-0.4, -0.2) is 29.0 Å². The molecule has 2 atom stereocenters. The molecule has 16 heavy (non-hydrogen) atoms. The highest BCUT2D eigenvalue weighted by Gasteiger charge is 2.28. The highest BCUT2D eigenvalue weighted by molar-refractivity contribution is 7.09. The summed E-state index contributed by atoms with van der Waals surface area (Å²) in [7, 11) is 2.12. The van der Waals surface area contributed by atoms with Gasteiger partial charge in [0.1, 0.15) is 5.82 Å². The monoisotopic (exact) mass is 240 g/mol. The van der Waals surface area contributed by atoms with E-state index in [-0.39, 0.29) is 0 Å². The number of nitrogens with two attached hydrogens (primary N) is 1. The second-order valence-corrected chi connectivity index (χ2v) is 5.31. The lowest BCUT2D eigenvalue weighted by Gasteiger charge is -2.37. The van der Waals surface area contributed by atoms with Gasteiger partial charge in [-0.25, -0.2) is 4.98 Å². The normalized spacial score (nSPS) is 25.7. The molecule has 1 aliphatic carbocycles. The van der Waals surface area contributed by atoms with Gasteiger partial charge < -0.3 is 10.6 Å². The summed E-state index contributed by atoms with van der Waals surface area (Å²) >= 11 is 1.49. The molecule has 2 N–H and O–H groups in total. The smallest absolute Gasteiger partial charge is 0.205 e. The van der Waals surface area contributed by atoms with Gasteiger partial charge in [0.05, 0.1) is 0 Å². The van der Waals surface area contributed by atoms with Crippen molar-refractivity contribution in [2.75, 3.05) is 18.5 Å². The Morgan fingerprint density at radius 2 is 2.19 bits per heavy atom. The molecule has 1 fully saturated rings. The van der Waals surface area contributed by atoms with Crippen LogP contribution in [0.3, 0.4) is 0 Å². The van der Waals surface area contributed by atoms with E-state index in [0.717, 1.165) is 17.5 Å². The quantitative estimate of drug-likeness (QED) is 0.875. The summed E-state index contributed by atoms with van der Waals surface area (Å²) in [6.07, 6.45) is 5.12. The van der Waals surface area contributed by atoms with Crippen LogP contribution < -0.4 is 10.6 Å². The van der Waals surface area contributed by atoms with Gasteiger partial charge >= 0.3 is 0 Å². The van der Waals surface area contributed by atoms with Gasteiger partial charge in [-0.05, 0) is 32.2 Å². The largest absolute Gasteiger partial charge is 0.347 e. The lowest BCUT2D eigenvalue weighted by atomic mass is 9.84. The molecule has 0 amide bonds. The minimum absolute atomic E-state index is 0.547. The van der Waals surface area contributed by atoms with Gasteiger partial charge in [0.15, 0.2) is 0 Å². The molecule has 0 spiro atoms. The number of rotatable bonds is 3. The number of aromatic nitrogens is 2. The SMILES string of the molecule is Cc1nsc(N(C)C2CCCCC2CN)n1. The number of anilines is 1. The summed E-state index contributed by atoms with van der Waals surface area (Å²) in [6, 6.07) is 0.547. The van der Waals surface area contributed by atoms with Gasteiger partial charge in [-0.15, -0.1) is 0 Å². The summed E-state index contributed by atoms with van der Waals surface area (Å²) in [5.74, 6) is 1.48. The van der Waals surface area contributed by atoms with E-state index in [1.54, 1.807) is 0 Å². The molecule has 5 heteroatoms. The zero-order valence-corrected chi connectivity index (χ0v) is 10.8. The van der Waals surface area contributed by atoms with Crippen molar-refractivity contribution >= 4 is 16.7 Å². The topological polar surface area (TPSA) is 55.0 Å². The Bertz CT molecular complexity index is 338. The van der Waals surface area contributed by atoms with Crippen molar-refractivity contribution in [1.82, 2.24) is 9.36 Å². The predicted octanol–water partition coefficient (Wildman–Crippen LogP) is 1.80. The van der Waals surface area contributed by atoms with Crippen LogP contribution in [0.5, 0.6) is 0 Å². The van der Waals surface area contributed by atoms with Crippen LogP contribution in [0.25, 0.3) is 0 Å². The van der Waals surface area contributed by atoms with Crippen LogP contribution in [0.4, 0.5) is 5.13 Å². The maximum atomic E-state index is 5.86. The molecule has 2 unspecified atom stereocenters. The molecule has 4 nitrogen and oxygen atoms in total. The van der Waals surface area contributed by atoms with Crippen molar-refractivity contribution in [1.29, 1.82) is 0 Å². The molecular formula is C11H20N4S. The molecule has 1 aromatic rings. The molecule has 90 valence electrons. The van der Waals surface area contributed by atoms with E-state index in [4.69, 9.17) is 5.73 Å². The first-order chi connectivity index (χ1) is 7.72. The number of aryl methyl sites for hydroxylation is 1. The number of nitrogens with zero attached hydrogens (tertiary/aromatic N) is 3. The highest BCUT2D eigenvalue weighted by atomic mass is 32.1. The molecule has 2 rings (SSSR count). The fraction of sp³-hybridized carbons (Fsp3) is 0.818. The molecule has 0 saturated heterocycles. The third-order valence-electron chi connectivity index (χ3n) is 3.49. The van der Waals surface area contributed by atoms with Gasteiger partial charge in [-0.1, -0.05) is 12.8 Å². The summed E-state index contributed by atoms with van der Waals surface area (Å²) < 4.78 is 4.24. The van der Waals surface area contributed by atoms with Crippen molar-refractivity contribution in [2.24, 2.45) is 11.7 Å². The van der Waals surface area contributed by atoms with Crippen LogP contribution >= 0.6 is 11.5 Å². The van der Waals surface area contributed by atoms with Gasteiger partial charge in [-0.2, -0.15) is 4.37 Å². The van der Waals surface area contributed by atoms with E-state index in [0.29, 0.717) is 12.0 Å². The van der Waals surface area contributed by atoms with Gasteiger partial charge in [0.25, 0.3) is 0 Å². The number of hydrogen-bond acceptors (Lipinski definition) is 5. The molecule has 0 aliphatic heterocycles. The van der Waals surface area contributed by atoms with Crippen LogP contribution in [0.2, 0.25) is 0 Å². The van der Waals surface area contributed by atoms with E-state index in [1.807, 2.05) is 6.92 Å². The first kappa shape index (κ1) is 11.8. The first-order valence-electron chi connectivity index (χ1n) is 5.95. The standard InChI is InChI=1S/C11H20N4S/c1-8-13-11(16-14-8)15(2)10-6-4-3-5-9(10)7-12/h9-10H,3-7,12H2,1-2H3. The molecule has 1 aliphatic rings. The van der Waals surface area contributed by atoms with Crippen molar-refractivity contribution < 1.29 is 0 Å². The van der Waals surface area contributed by atoms with Crippen LogP contribution in [-0.2, 0) is 0 Å². The Labute approximate surface area is 101 Å². The lowest BCUT2D eigenvalue weighted by Crippen LogP contribution is -2.43. The first-order valence-corrected chi connectivity index (χ1v) is 6.73. The Balaban J connectivity index is 2.10. The fourth-order valence-corrected chi connectivity index (χ4v) is 3.24. The van der Waals surface area contributed by atoms with E-state index >= 15 is 0 Å². The lowest BCUT2D eigenvalue weighted by molar-refractivity contribution is 0.306. The molecule has 1 heterocycles. The second-order valence-electron chi connectivity index (χ2n) is 4.58.